The molecule has 0 aliphatic carbocycles. The summed E-state index contributed by atoms with van der Waals surface area (Å²) in [5, 5.41) is 39.9. The fraction of sp³-hybridized carbons (Fsp3) is 0.895. The van der Waals surface area contributed by atoms with E-state index in [-0.39, 0.29) is 32.0 Å². The quantitative estimate of drug-likeness (QED) is 0.0347. The van der Waals surface area contributed by atoms with Crippen LogP contribution < -0.4 is 0 Å². The van der Waals surface area contributed by atoms with E-state index >= 15 is 0 Å². The van der Waals surface area contributed by atoms with Crippen molar-refractivity contribution in [3.8, 4) is 0 Å². The molecule has 2 unspecified atom stereocenters. The number of hydrogen-bond donors (Lipinski definition) is 4. The van der Waals surface area contributed by atoms with Crippen molar-refractivity contribution >= 4 is 11.9 Å². The molecule has 0 spiro atoms. The number of rotatable bonds is 31. The second-order valence-corrected chi connectivity index (χ2v) is 13.4. The minimum atomic E-state index is -1.59. The lowest BCUT2D eigenvalue weighted by Crippen LogP contribution is -2.59. The lowest BCUT2D eigenvalue weighted by atomic mass is 9.99. The normalized spacial score (nSPS) is 21.8. The highest BCUT2D eigenvalue weighted by Gasteiger charge is 2.44. The lowest BCUT2D eigenvalue weighted by Gasteiger charge is -2.39. The monoisotopic (exact) mass is 686 g/mol. The lowest BCUT2D eigenvalue weighted by molar-refractivity contribution is -0.305. The molecule has 1 saturated heterocycles. The Kier molecular flexibility index (Phi) is 28.0. The van der Waals surface area contributed by atoms with E-state index in [1.165, 1.54) is 64.2 Å². The summed E-state index contributed by atoms with van der Waals surface area (Å²) < 4.78 is 22.0. The largest absolute Gasteiger partial charge is 0.462 e. The average Bonchev–Trinajstić information content (AvgIpc) is 3.08. The van der Waals surface area contributed by atoms with E-state index in [2.05, 4.69) is 26.0 Å². The molecule has 0 bridgehead atoms. The molecule has 6 atom stereocenters. The Morgan fingerprint density at radius 2 is 1.12 bits per heavy atom. The summed E-state index contributed by atoms with van der Waals surface area (Å²) in [5.74, 6) is -0.815. The van der Waals surface area contributed by atoms with Crippen LogP contribution in [0.3, 0.4) is 0 Å². The van der Waals surface area contributed by atoms with Crippen LogP contribution >= 0.6 is 0 Å². The number of allylic oxidation sites excluding steroid dienone is 2. The maximum absolute atomic E-state index is 12.7. The Morgan fingerprint density at radius 3 is 1.69 bits per heavy atom. The van der Waals surface area contributed by atoms with Crippen LogP contribution in [-0.4, -0.2) is 89.0 Å². The van der Waals surface area contributed by atoms with Gasteiger partial charge in [-0.25, -0.2) is 0 Å². The van der Waals surface area contributed by atoms with Crippen molar-refractivity contribution < 1.29 is 49.0 Å². The van der Waals surface area contributed by atoms with Gasteiger partial charge in [0.1, 0.15) is 31.0 Å². The van der Waals surface area contributed by atoms with Gasteiger partial charge in [-0.2, -0.15) is 0 Å². The Balaban J connectivity index is 2.41. The molecule has 1 aliphatic heterocycles. The number of carbonyl (C=O) groups is 2. The molecule has 1 rings (SSSR count). The van der Waals surface area contributed by atoms with E-state index in [1.807, 2.05) is 0 Å². The second kappa shape index (κ2) is 30.3. The number of aliphatic hydroxyl groups excluding tert-OH is 4. The van der Waals surface area contributed by atoms with Crippen LogP contribution in [0.15, 0.2) is 12.2 Å². The van der Waals surface area contributed by atoms with Crippen LogP contribution in [-0.2, 0) is 28.5 Å². The van der Waals surface area contributed by atoms with Gasteiger partial charge in [0.2, 0.25) is 0 Å². The van der Waals surface area contributed by atoms with E-state index in [1.54, 1.807) is 0 Å². The second-order valence-electron chi connectivity index (χ2n) is 13.4. The molecule has 4 N–H and O–H groups in total. The van der Waals surface area contributed by atoms with E-state index in [9.17, 15) is 30.0 Å². The van der Waals surface area contributed by atoms with E-state index < -0.39 is 49.4 Å². The molecule has 0 aromatic rings. The van der Waals surface area contributed by atoms with Crippen LogP contribution in [0.1, 0.15) is 162 Å². The van der Waals surface area contributed by atoms with Gasteiger partial charge in [0.05, 0.1) is 13.2 Å². The van der Waals surface area contributed by atoms with Gasteiger partial charge in [-0.3, -0.25) is 9.59 Å². The predicted molar refractivity (Wildman–Crippen MR) is 187 cm³/mol. The maximum atomic E-state index is 12.7. The summed E-state index contributed by atoms with van der Waals surface area (Å²) in [7, 11) is 0. The molecule has 0 radical (unpaired) electrons. The van der Waals surface area contributed by atoms with E-state index in [0.29, 0.717) is 6.42 Å². The minimum absolute atomic E-state index is 0.217. The Morgan fingerprint density at radius 1 is 0.625 bits per heavy atom. The molecular weight excluding hydrogens is 616 g/mol. The van der Waals surface area contributed by atoms with Crippen molar-refractivity contribution in [1.82, 2.24) is 0 Å². The van der Waals surface area contributed by atoms with Crippen molar-refractivity contribution in [2.75, 3.05) is 19.8 Å². The summed E-state index contributed by atoms with van der Waals surface area (Å²) in [4.78, 5) is 25.1. The standard InChI is InChI=1S/C38H70O10/c1-3-5-7-9-11-13-15-17-19-21-23-25-27-34(41)47-31(30-46-38-37(44)36(43)35(42)32(28-39)48-38)29-45-33(40)26-24-22-20-18-16-14-12-10-8-6-4-2/h10,12,31-32,35-39,42-44H,3-9,11,13-30H2,1-2H3/b12-10+/t31-,32-,35+,36?,37?,38-/m1/s1. The van der Waals surface area contributed by atoms with Gasteiger partial charge >= 0.3 is 11.9 Å². The highest BCUT2D eigenvalue weighted by molar-refractivity contribution is 5.70. The van der Waals surface area contributed by atoms with Gasteiger partial charge in [-0.1, -0.05) is 129 Å². The Bertz CT molecular complexity index is 804. The third-order valence-electron chi connectivity index (χ3n) is 8.90. The highest BCUT2D eigenvalue weighted by atomic mass is 16.7. The average molecular weight is 687 g/mol. The molecule has 1 fully saturated rings. The Labute approximate surface area is 291 Å². The summed E-state index contributed by atoms with van der Waals surface area (Å²) >= 11 is 0. The van der Waals surface area contributed by atoms with Gasteiger partial charge in [0, 0.05) is 12.8 Å². The Hall–Kier alpha value is -1.56. The number of esters is 2. The summed E-state index contributed by atoms with van der Waals surface area (Å²) in [6.07, 6.45) is 20.8. The number of hydrogen-bond acceptors (Lipinski definition) is 10. The molecule has 10 nitrogen and oxygen atoms in total. The van der Waals surface area contributed by atoms with Crippen LogP contribution in [0.2, 0.25) is 0 Å². The SMILES string of the molecule is CCCC/C=C/CCCCCCCC(=O)OC[C@H](CO[C@@H]1O[C@H](CO)[C@H](O)C(O)C1O)OC(=O)CCCCCCCCCCCCCC. The fourth-order valence-corrected chi connectivity index (χ4v) is 5.76. The zero-order valence-electron chi connectivity index (χ0n) is 30.2. The molecule has 1 heterocycles. The number of carbonyl (C=O) groups excluding carboxylic acids is 2. The number of aliphatic hydroxyl groups is 4. The first kappa shape index (κ1) is 44.5. The molecule has 282 valence electrons. The third-order valence-corrected chi connectivity index (χ3v) is 8.90. The molecule has 10 heteroatoms. The minimum Gasteiger partial charge on any atom is -0.462 e. The zero-order valence-corrected chi connectivity index (χ0v) is 30.2. The van der Waals surface area contributed by atoms with Gasteiger partial charge < -0.3 is 39.4 Å². The van der Waals surface area contributed by atoms with Crippen molar-refractivity contribution in [3.63, 3.8) is 0 Å². The maximum Gasteiger partial charge on any atom is 0.306 e. The summed E-state index contributed by atoms with van der Waals surface area (Å²) in [6, 6.07) is 0. The predicted octanol–water partition coefficient (Wildman–Crippen LogP) is 6.83. The molecule has 0 amide bonds. The van der Waals surface area contributed by atoms with Crippen LogP contribution in [0.5, 0.6) is 0 Å². The zero-order chi connectivity index (χ0) is 35.2. The van der Waals surface area contributed by atoms with E-state index in [0.717, 1.165) is 64.2 Å². The van der Waals surface area contributed by atoms with Crippen molar-refractivity contribution in [3.05, 3.63) is 12.2 Å². The van der Waals surface area contributed by atoms with Gasteiger partial charge in [-0.15, -0.1) is 0 Å². The smallest absolute Gasteiger partial charge is 0.306 e. The van der Waals surface area contributed by atoms with Crippen LogP contribution in [0.25, 0.3) is 0 Å². The molecule has 0 aromatic carbocycles. The first-order valence-corrected chi connectivity index (χ1v) is 19.3. The fourth-order valence-electron chi connectivity index (χ4n) is 5.76. The van der Waals surface area contributed by atoms with Gasteiger partial charge in [-0.05, 0) is 32.1 Å². The molecule has 0 aromatic heterocycles. The summed E-state index contributed by atoms with van der Waals surface area (Å²) in [6.45, 7) is 3.35. The van der Waals surface area contributed by atoms with Crippen LogP contribution in [0, 0.1) is 0 Å². The number of ether oxygens (including phenoxy) is 4. The van der Waals surface area contributed by atoms with Gasteiger partial charge in [0.25, 0.3) is 0 Å². The highest BCUT2D eigenvalue weighted by Crippen LogP contribution is 2.22. The number of unbranched alkanes of at least 4 members (excludes halogenated alkanes) is 18. The first-order chi connectivity index (χ1) is 23.3. The molecule has 48 heavy (non-hydrogen) atoms. The topological polar surface area (TPSA) is 152 Å². The molecule has 1 aliphatic rings. The van der Waals surface area contributed by atoms with Crippen molar-refractivity contribution in [2.45, 2.75) is 198 Å². The molecule has 0 saturated carbocycles. The van der Waals surface area contributed by atoms with Crippen molar-refractivity contribution in [2.24, 2.45) is 0 Å². The summed E-state index contributed by atoms with van der Waals surface area (Å²) in [5.41, 5.74) is 0. The van der Waals surface area contributed by atoms with Crippen molar-refractivity contribution in [1.29, 1.82) is 0 Å². The van der Waals surface area contributed by atoms with E-state index in [4.69, 9.17) is 18.9 Å². The van der Waals surface area contributed by atoms with Crippen LogP contribution in [0.4, 0.5) is 0 Å². The third kappa shape index (κ3) is 22.2. The van der Waals surface area contributed by atoms with Gasteiger partial charge in [0.15, 0.2) is 12.4 Å². The first-order valence-electron chi connectivity index (χ1n) is 19.3. The molecular formula is C38H70O10.